The predicted molar refractivity (Wildman–Crippen MR) is 56.4 cm³/mol. The molecule has 0 aliphatic heterocycles. The lowest BCUT2D eigenvalue weighted by atomic mass is 10.6. The number of allylic oxidation sites excluding steroid dienone is 1. The topological polar surface area (TPSA) is 61.0 Å². The van der Waals surface area contributed by atoms with Gasteiger partial charge in [0.25, 0.3) is 0 Å². The molecule has 0 saturated heterocycles. The summed E-state index contributed by atoms with van der Waals surface area (Å²) in [4.78, 5) is 9.83. The van der Waals surface area contributed by atoms with Crippen molar-refractivity contribution in [3.63, 3.8) is 0 Å². The molecule has 76 valence electrons. The van der Waals surface area contributed by atoms with Gasteiger partial charge in [-0.3, -0.25) is 0 Å². The lowest BCUT2D eigenvalue weighted by Crippen LogP contribution is -1.99. The minimum atomic E-state index is -0.584. The van der Waals surface area contributed by atoms with E-state index >= 15 is 0 Å². The van der Waals surface area contributed by atoms with Crippen molar-refractivity contribution < 1.29 is 4.92 Å². The van der Waals surface area contributed by atoms with Gasteiger partial charge in [0.2, 0.25) is 0 Å². The van der Waals surface area contributed by atoms with Crippen molar-refractivity contribution >= 4 is 44.9 Å². The summed E-state index contributed by atoms with van der Waals surface area (Å²) in [6, 6.07) is 0. The van der Waals surface area contributed by atoms with Crippen molar-refractivity contribution in [2.45, 2.75) is 6.54 Å². The molecule has 1 aromatic rings. The highest BCUT2D eigenvalue weighted by Crippen LogP contribution is 2.22. The van der Waals surface area contributed by atoms with Gasteiger partial charge in [-0.2, -0.15) is 4.68 Å². The number of nitro groups is 1. The van der Waals surface area contributed by atoms with E-state index in [-0.39, 0.29) is 12.4 Å². The third-order valence-corrected chi connectivity index (χ3v) is 2.47. The molecule has 0 amide bonds. The Bertz CT molecular complexity index is 390. The number of aromatic nitrogens is 2. The Morgan fingerprint density at radius 2 is 2.50 bits per heavy atom. The van der Waals surface area contributed by atoms with Crippen LogP contribution in [0, 0.1) is 10.1 Å². The maximum atomic E-state index is 10.4. The highest BCUT2D eigenvalue weighted by molar-refractivity contribution is 9.10. The highest BCUT2D eigenvalue weighted by atomic mass is 79.9. The second-order valence-corrected chi connectivity index (χ2v) is 3.87. The van der Waals surface area contributed by atoms with Crippen LogP contribution in [0.15, 0.2) is 21.2 Å². The Balaban J connectivity index is 2.92. The van der Waals surface area contributed by atoms with Crippen LogP contribution < -0.4 is 0 Å². The van der Waals surface area contributed by atoms with Gasteiger partial charge in [0.1, 0.15) is 4.47 Å². The van der Waals surface area contributed by atoms with Crippen molar-refractivity contribution in [3.8, 4) is 0 Å². The second-order valence-electron chi connectivity index (χ2n) is 2.31. The van der Waals surface area contributed by atoms with E-state index in [1.807, 2.05) is 0 Å². The van der Waals surface area contributed by atoms with E-state index in [4.69, 9.17) is 23.2 Å². The van der Waals surface area contributed by atoms with E-state index in [1.54, 1.807) is 0 Å². The zero-order valence-corrected chi connectivity index (χ0v) is 9.75. The molecule has 1 rings (SSSR count). The molecule has 0 unspecified atom stereocenters. The van der Waals surface area contributed by atoms with Crippen LogP contribution in [0.2, 0.25) is 0 Å². The Labute approximate surface area is 97.6 Å². The van der Waals surface area contributed by atoms with Crippen LogP contribution in [0.1, 0.15) is 0 Å². The van der Waals surface area contributed by atoms with Crippen molar-refractivity contribution in [1.29, 1.82) is 0 Å². The van der Waals surface area contributed by atoms with Gasteiger partial charge in [-0.25, -0.2) is 0 Å². The average molecular weight is 301 g/mol. The highest BCUT2D eigenvalue weighted by Gasteiger charge is 2.18. The first-order chi connectivity index (χ1) is 6.54. The molecule has 0 aliphatic rings. The molecular formula is C6H4BrCl2N3O2. The Morgan fingerprint density at radius 3 is 2.93 bits per heavy atom. The maximum absolute atomic E-state index is 10.4. The zero-order valence-electron chi connectivity index (χ0n) is 6.65. The molecule has 0 radical (unpaired) electrons. The summed E-state index contributed by atoms with van der Waals surface area (Å²) in [6.07, 6.45) is 1.46. The van der Waals surface area contributed by atoms with Crippen LogP contribution in [-0.4, -0.2) is 14.7 Å². The monoisotopic (exact) mass is 299 g/mol. The predicted octanol–water partition coefficient (Wildman–Crippen LogP) is 2.87. The minimum Gasteiger partial charge on any atom is -0.358 e. The largest absolute Gasteiger partial charge is 0.404 e. The number of hydrogen-bond acceptors (Lipinski definition) is 3. The van der Waals surface area contributed by atoms with E-state index in [0.29, 0.717) is 9.51 Å². The van der Waals surface area contributed by atoms with Crippen molar-refractivity contribution in [1.82, 2.24) is 9.78 Å². The summed E-state index contributed by atoms with van der Waals surface area (Å²) in [7, 11) is 0. The molecular weight excluding hydrogens is 297 g/mol. The van der Waals surface area contributed by atoms with E-state index in [9.17, 15) is 10.1 Å². The third-order valence-electron chi connectivity index (χ3n) is 1.30. The Hall–Kier alpha value is -0.590. The van der Waals surface area contributed by atoms with Crippen LogP contribution >= 0.6 is 39.1 Å². The van der Waals surface area contributed by atoms with Gasteiger partial charge >= 0.3 is 5.82 Å². The van der Waals surface area contributed by atoms with E-state index < -0.39 is 4.92 Å². The summed E-state index contributed by atoms with van der Waals surface area (Å²) in [5.41, 5.74) is 1.18. The Morgan fingerprint density at radius 1 is 1.86 bits per heavy atom. The molecule has 8 heteroatoms. The van der Waals surface area contributed by atoms with E-state index in [1.165, 1.54) is 16.4 Å². The average Bonchev–Trinajstić information content (AvgIpc) is 2.46. The molecule has 0 aromatic carbocycles. The maximum Gasteiger partial charge on any atom is 0.404 e. The first-order valence-corrected chi connectivity index (χ1v) is 4.97. The first kappa shape index (κ1) is 11.5. The molecule has 1 aromatic heterocycles. The minimum absolute atomic E-state index is 0.206. The van der Waals surface area contributed by atoms with Gasteiger partial charge in [-0.15, -0.1) is 0 Å². The van der Waals surface area contributed by atoms with E-state index in [0.717, 1.165) is 0 Å². The molecule has 0 spiro atoms. The molecule has 0 N–H and O–H groups in total. The molecule has 0 aliphatic carbocycles. The SMILES string of the molecule is O=[N+]([O-])c1nn(CC(Cl)=CCl)cc1Br. The van der Waals surface area contributed by atoms with Gasteiger partial charge in [0.05, 0.1) is 22.9 Å². The van der Waals surface area contributed by atoms with Gasteiger partial charge < -0.3 is 10.1 Å². The van der Waals surface area contributed by atoms with E-state index in [2.05, 4.69) is 21.0 Å². The summed E-state index contributed by atoms with van der Waals surface area (Å²) in [6.45, 7) is 0.206. The van der Waals surface area contributed by atoms with Crippen LogP contribution in [0.25, 0.3) is 0 Å². The van der Waals surface area contributed by atoms with Crippen LogP contribution in [0.5, 0.6) is 0 Å². The lowest BCUT2D eigenvalue weighted by molar-refractivity contribution is -0.390. The number of hydrogen-bond donors (Lipinski definition) is 0. The zero-order chi connectivity index (χ0) is 10.7. The second kappa shape index (κ2) is 4.77. The smallest absolute Gasteiger partial charge is 0.358 e. The quantitative estimate of drug-likeness (QED) is 0.637. The number of rotatable bonds is 3. The van der Waals surface area contributed by atoms with Crippen LogP contribution in [0.4, 0.5) is 5.82 Å². The molecule has 5 nitrogen and oxygen atoms in total. The summed E-state index contributed by atoms with van der Waals surface area (Å²) in [5.74, 6) is -0.246. The summed E-state index contributed by atoms with van der Waals surface area (Å²) < 4.78 is 1.63. The van der Waals surface area contributed by atoms with Gasteiger partial charge in [-0.1, -0.05) is 23.2 Å². The van der Waals surface area contributed by atoms with Crippen molar-refractivity contribution in [2.75, 3.05) is 0 Å². The fourth-order valence-electron chi connectivity index (χ4n) is 0.781. The summed E-state index contributed by atoms with van der Waals surface area (Å²) in [5, 5.41) is 14.4. The van der Waals surface area contributed by atoms with Gasteiger partial charge in [-0.05, 0) is 20.9 Å². The van der Waals surface area contributed by atoms with Gasteiger partial charge in [0.15, 0.2) is 0 Å². The Kier molecular flexibility index (Phi) is 3.91. The van der Waals surface area contributed by atoms with Crippen molar-refractivity contribution in [3.05, 3.63) is 31.4 Å². The number of nitrogens with zero attached hydrogens (tertiary/aromatic N) is 3. The third kappa shape index (κ3) is 2.70. The number of halogens is 3. The summed E-state index contributed by atoms with van der Waals surface area (Å²) >= 11 is 14.0. The fraction of sp³-hybridized carbons (Fsp3) is 0.167. The molecule has 0 saturated carbocycles. The van der Waals surface area contributed by atoms with Crippen LogP contribution in [-0.2, 0) is 6.54 Å². The molecule has 0 bridgehead atoms. The standard InChI is InChI=1S/C6H4BrCl2N3O2/c7-5-3-11(2-4(9)1-8)10-6(5)12(13)14/h1,3H,2H2. The van der Waals surface area contributed by atoms with Crippen molar-refractivity contribution in [2.24, 2.45) is 0 Å². The molecule has 1 heterocycles. The lowest BCUT2D eigenvalue weighted by Gasteiger charge is -1.91. The normalized spacial score (nSPS) is 11.8. The molecule has 0 fully saturated rings. The first-order valence-electron chi connectivity index (χ1n) is 3.36. The van der Waals surface area contributed by atoms with Gasteiger partial charge in [0, 0.05) is 5.54 Å². The molecule has 0 atom stereocenters. The van der Waals surface area contributed by atoms with Crippen LogP contribution in [0.3, 0.4) is 0 Å². The molecule has 14 heavy (non-hydrogen) atoms. The fourth-order valence-corrected chi connectivity index (χ4v) is 1.43.